The van der Waals surface area contributed by atoms with Gasteiger partial charge in [-0.25, -0.2) is 0 Å². The fraction of sp³-hybridized carbons (Fsp3) is 1.00. The smallest absolute Gasteiger partial charge is 0.0695 e. The van der Waals surface area contributed by atoms with Crippen molar-refractivity contribution >= 4 is 0 Å². The molecule has 2 N–H and O–H groups in total. The third kappa shape index (κ3) is 2.52. The second-order valence-electron chi connectivity index (χ2n) is 5.01. The Morgan fingerprint density at radius 1 is 1.20 bits per heavy atom. The summed E-state index contributed by atoms with van der Waals surface area (Å²) in [5.74, 6) is 0. The molecule has 1 saturated heterocycles. The Bertz CT molecular complexity index is 198. The highest BCUT2D eigenvalue weighted by Crippen LogP contribution is 2.29. The molecule has 2 aliphatic rings. The topological polar surface area (TPSA) is 35.5 Å². The van der Waals surface area contributed by atoms with E-state index in [1.165, 1.54) is 38.6 Å². The first-order valence-corrected chi connectivity index (χ1v) is 6.41. The van der Waals surface area contributed by atoms with Crippen LogP contribution in [0.25, 0.3) is 0 Å². The second kappa shape index (κ2) is 5.28. The van der Waals surface area contributed by atoms with Gasteiger partial charge in [-0.05, 0) is 39.3 Å². The largest absolute Gasteiger partial charge is 0.391 e. The molecule has 88 valence electrons. The van der Waals surface area contributed by atoms with Crippen molar-refractivity contribution in [3.05, 3.63) is 0 Å². The summed E-state index contributed by atoms with van der Waals surface area (Å²) in [6.45, 7) is 2.26. The van der Waals surface area contributed by atoms with Gasteiger partial charge < -0.3 is 10.4 Å². The number of likely N-dealkylation sites (N-methyl/N-ethyl adjacent to an activating group) is 1. The zero-order valence-electron chi connectivity index (χ0n) is 9.78. The Labute approximate surface area is 92.8 Å². The van der Waals surface area contributed by atoms with Gasteiger partial charge in [-0.15, -0.1) is 0 Å². The van der Waals surface area contributed by atoms with Gasteiger partial charge in [0.25, 0.3) is 0 Å². The zero-order valence-corrected chi connectivity index (χ0v) is 9.78. The minimum Gasteiger partial charge on any atom is -0.391 e. The molecule has 0 aromatic carbocycles. The lowest BCUT2D eigenvalue weighted by Gasteiger charge is -2.38. The number of hydrogen-bond acceptors (Lipinski definition) is 3. The molecule has 2 fully saturated rings. The van der Waals surface area contributed by atoms with E-state index in [4.69, 9.17) is 0 Å². The molecular weight excluding hydrogens is 188 g/mol. The maximum atomic E-state index is 10.1. The number of nitrogens with zero attached hydrogens (tertiary/aromatic N) is 1. The van der Waals surface area contributed by atoms with Crippen LogP contribution in [0, 0.1) is 0 Å². The summed E-state index contributed by atoms with van der Waals surface area (Å²) < 4.78 is 0. The molecule has 0 radical (unpaired) electrons. The number of nitrogens with one attached hydrogen (secondary N) is 1. The summed E-state index contributed by atoms with van der Waals surface area (Å²) in [6, 6.07) is 1.10. The lowest BCUT2D eigenvalue weighted by molar-refractivity contribution is 0.0140. The van der Waals surface area contributed by atoms with Crippen LogP contribution in [0.5, 0.6) is 0 Å². The minimum absolute atomic E-state index is 0.0730. The summed E-state index contributed by atoms with van der Waals surface area (Å²) in [4.78, 5) is 2.56. The molecule has 3 heteroatoms. The molecule has 3 nitrogen and oxygen atoms in total. The molecule has 1 aliphatic carbocycles. The van der Waals surface area contributed by atoms with Crippen molar-refractivity contribution in [1.29, 1.82) is 0 Å². The molecule has 0 bridgehead atoms. The maximum Gasteiger partial charge on any atom is 0.0695 e. The van der Waals surface area contributed by atoms with Crippen LogP contribution in [-0.4, -0.2) is 48.3 Å². The van der Waals surface area contributed by atoms with E-state index in [9.17, 15) is 5.11 Å². The minimum atomic E-state index is -0.0730. The van der Waals surface area contributed by atoms with E-state index in [1.807, 2.05) is 7.05 Å². The van der Waals surface area contributed by atoms with Crippen molar-refractivity contribution in [2.45, 2.75) is 56.7 Å². The van der Waals surface area contributed by atoms with Crippen molar-refractivity contribution in [2.24, 2.45) is 0 Å². The normalized spacial score (nSPS) is 38.4. The van der Waals surface area contributed by atoms with Crippen molar-refractivity contribution in [2.75, 3.05) is 20.1 Å². The quantitative estimate of drug-likeness (QED) is 0.732. The Kier molecular flexibility index (Phi) is 4.00. The second-order valence-corrected chi connectivity index (χ2v) is 5.01. The molecule has 0 amide bonds. The lowest BCUT2D eigenvalue weighted by Crippen LogP contribution is -2.50. The molecule has 2 rings (SSSR count). The van der Waals surface area contributed by atoms with Crippen molar-refractivity contribution < 1.29 is 5.11 Å². The lowest BCUT2D eigenvalue weighted by atomic mass is 9.91. The van der Waals surface area contributed by atoms with Crippen LogP contribution in [0.1, 0.15) is 38.5 Å². The Balaban J connectivity index is 1.94. The van der Waals surface area contributed by atoms with Gasteiger partial charge >= 0.3 is 0 Å². The Morgan fingerprint density at radius 3 is 2.73 bits per heavy atom. The van der Waals surface area contributed by atoms with E-state index in [2.05, 4.69) is 10.2 Å². The standard InChI is InChI=1S/C12H24N2O/c1-13-9-10-5-4-8-14(10)11-6-2-3-7-12(11)15/h10-13,15H,2-9H2,1H3/t10?,11-,12-/m1/s1. The average molecular weight is 212 g/mol. The fourth-order valence-corrected chi connectivity index (χ4v) is 3.23. The molecule has 3 atom stereocenters. The van der Waals surface area contributed by atoms with E-state index in [-0.39, 0.29) is 6.10 Å². The molecule has 1 aliphatic heterocycles. The van der Waals surface area contributed by atoms with Crippen molar-refractivity contribution in [3.8, 4) is 0 Å². The monoisotopic (exact) mass is 212 g/mol. The van der Waals surface area contributed by atoms with Crippen molar-refractivity contribution in [3.63, 3.8) is 0 Å². The van der Waals surface area contributed by atoms with Crippen LogP contribution in [0.3, 0.4) is 0 Å². The Hall–Kier alpha value is -0.120. The number of aliphatic hydroxyl groups is 1. The zero-order chi connectivity index (χ0) is 10.7. The summed E-state index contributed by atoms with van der Waals surface area (Å²) in [5, 5.41) is 13.3. The molecule has 1 saturated carbocycles. The number of aliphatic hydroxyl groups excluding tert-OH is 1. The first kappa shape index (κ1) is 11.4. The van der Waals surface area contributed by atoms with Crippen LogP contribution in [0.2, 0.25) is 0 Å². The van der Waals surface area contributed by atoms with Gasteiger partial charge in [0, 0.05) is 18.6 Å². The molecule has 0 aromatic rings. The van der Waals surface area contributed by atoms with Gasteiger partial charge in [0.05, 0.1) is 6.10 Å². The maximum absolute atomic E-state index is 10.1. The molecule has 1 heterocycles. The van der Waals surface area contributed by atoms with E-state index >= 15 is 0 Å². The summed E-state index contributed by atoms with van der Waals surface area (Å²) in [6.07, 6.45) is 7.23. The highest BCUT2D eigenvalue weighted by molar-refractivity contribution is 4.91. The van der Waals surface area contributed by atoms with Gasteiger partial charge in [-0.3, -0.25) is 4.90 Å². The highest BCUT2D eigenvalue weighted by Gasteiger charge is 2.35. The van der Waals surface area contributed by atoms with Crippen LogP contribution >= 0.6 is 0 Å². The number of hydrogen-bond donors (Lipinski definition) is 2. The van der Waals surface area contributed by atoms with Gasteiger partial charge in [-0.2, -0.15) is 0 Å². The van der Waals surface area contributed by atoms with Gasteiger partial charge in [-0.1, -0.05) is 12.8 Å². The number of rotatable bonds is 3. The van der Waals surface area contributed by atoms with Crippen LogP contribution in [0.4, 0.5) is 0 Å². The molecule has 0 aromatic heterocycles. The first-order valence-electron chi connectivity index (χ1n) is 6.41. The predicted molar refractivity (Wildman–Crippen MR) is 61.9 cm³/mol. The van der Waals surface area contributed by atoms with Gasteiger partial charge in [0.2, 0.25) is 0 Å². The predicted octanol–water partition coefficient (Wildman–Crippen LogP) is 0.974. The SMILES string of the molecule is CNCC1CCCN1[C@@H]1CCCC[C@H]1O. The van der Waals surface area contributed by atoms with E-state index in [0.29, 0.717) is 12.1 Å². The van der Waals surface area contributed by atoms with E-state index in [0.717, 1.165) is 13.0 Å². The Morgan fingerprint density at radius 2 is 2.00 bits per heavy atom. The van der Waals surface area contributed by atoms with Crippen LogP contribution in [0.15, 0.2) is 0 Å². The van der Waals surface area contributed by atoms with E-state index in [1.54, 1.807) is 0 Å². The van der Waals surface area contributed by atoms with Gasteiger partial charge in [0.15, 0.2) is 0 Å². The third-order valence-corrected chi connectivity index (χ3v) is 3.98. The number of likely N-dealkylation sites (tertiary alicyclic amines) is 1. The van der Waals surface area contributed by atoms with Crippen LogP contribution in [-0.2, 0) is 0 Å². The molecule has 15 heavy (non-hydrogen) atoms. The van der Waals surface area contributed by atoms with Crippen molar-refractivity contribution in [1.82, 2.24) is 10.2 Å². The first-order chi connectivity index (χ1) is 7.33. The molecule has 1 unspecified atom stereocenters. The fourth-order valence-electron chi connectivity index (χ4n) is 3.23. The highest BCUT2D eigenvalue weighted by atomic mass is 16.3. The summed E-state index contributed by atoms with van der Waals surface area (Å²) in [7, 11) is 2.02. The third-order valence-electron chi connectivity index (χ3n) is 3.98. The summed E-state index contributed by atoms with van der Waals surface area (Å²) >= 11 is 0. The van der Waals surface area contributed by atoms with E-state index < -0.39 is 0 Å². The summed E-state index contributed by atoms with van der Waals surface area (Å²) in [5.41, 5.74) is 0. The molecular formula is C12H24N2O. The molecule has 0 spiro atoms. The van der Waals surface area contributed by atoms with Gasteiger partial charge in [0.1, 0.15) is 0 Å². The average Bonchev–Trinajstić information content (AvgIpc) is 2.67. The van der Waals surface area contributed by atoms with Crippen LogP contribution < -0.4 is 5.32 Å².